The van der Waals surface area contributed by atoms with Crippen LogP contribution in [0.15, 0.2) is 54.7 Å². The van der Waals surface area contributed by atoms with Crippen molar-refractivity contribution >= 4 is 57.6 Å². The second-order valence-corrected chi connectivity index (χ2v) is 6.89. The maximum absolute atomic E-state index is 12.5. The Morgan fingerprint density at radius 2 is 1.90 bits per heavy atom. The summed E-state index contributed by atoms with van der Waals surface area (Å²) in [5, 5.41) is 6.78. The standard InChI is InChI=1S/C20H15Cl2N5O2/c1-29-12-6-8-17(23-10-12)26-19(28)11-5-7-15-16(9-11)25-20(24-15)27-18-13(21)3-2-4-14(18)22/h2-10H,1H3,(H,23,26,28)(H2,24,25,27). The van der Waals surface area contributed by atoms with Gasteiger partial charge in [0, 0.05) is 5.56 Å². The van der Waals surface area contributed by atoms with Crippen molar-refractivity contribution in [2.24, 2.45) is 0 Å². The van der Waals surface area contributed by atoms with E-state index in [1.54, 1.807) is 55.6 Å². The van der Waals surface area contributed by atoms with Gasteiger partial charge in [-0.3, -0.25) is 4.79 Å². The van der Waals surface area contributed by atoms with Crippen LogP contribution in [0, 0.1) is 0 Å². The minimum atomic E-state index is -0.289. The number of H-pyrrole nitrogens is 1. The molecule has 146 valence electrons. The zero-order valence-corrected chi connectivity index (χ0v) is 16.7. The minimum Gasteiger partial charge on any atom is -0.495 e. The van der Waals surface area contributed by atoms with Gasteiger partial charge in [-0.05, 0) is 42.5 Å². The molecule has 0 radical (unpaired) electrons. The molecule has 0 fully saturated rings. The van der Waals surface area contributed by atoms with Crippen LogP contribution in [0.5, 0.6) is 5.75 Å². The number of hydrogen-bond acceptors (Lipinski definition) is 5. The van der Waals surface area contributed by atoms with Gasteiger partial charge in [0.25, 0.3) is 5.91 Å². The van der Waals surface area contributed by atoms with Crippen LogP contribution in [0.4, 0.5) is 17.5 Å². The van der Waals surface area contributed by atoms with E-state index in [1.165, 1.54) is 6.20 Å². The zero-order chi connectivity index (χ0) is 20.4. The number of carbonyl (C=O) groups is 1. The summed E-state index contributed by atoms with van der Waals surface area (Å²) in [6, 6.07) is 13.8. The molecule has 4 rings (SSSR count). The third-order valence-corrected chi connectivity index (χ3v) is 4.79. The van der Waals surface area contributed by atoms with E-state index >= 15 is 0 Å². The summed E-state index contributed by atoms with van der Waals surface area (Å²) in [5.74, 6) is 1.21. The number of anilines is 3. The molecule has 0 atom stereocenters. The monoisotopic (exact) mass is 427 g/mol. The second-order valence-electron chi connectivity index (χ2n) is 6.08. The number of nitrogens with zero attached hydrogens (tertiary/aromatic N) is 2. The molecule has 9 heteroatoms. The van der Waals surface area contributed by atoms with Crippen LogP contribution in [-0.2, 0) is 0 Å². The number of fused-ring (bicyclic) bond motifs is 1. The van der Waals surface area contributed by atoms with Gasteiger partial charge in [-0.25, -0.2) is 9.97 Å². The van der Waals surface area contributed by atoms with E-state index in [9.17, 15) is 4.79 Å². The lowest BCUT2D eigenvalue weighted by Crippen LogP contribution is -2.12. The van der Waals surface area contributed by atoms with E-state index in [1.807, 2.05) is 0 Å². The maximum Gasteiger partial charge on any atom is 0.256 e. The first-order valence-corrected chi connectivity index (χ1v) is 9.31. The van der Waals surface area contributed by atoms with Crippen molar-refractivity contribution in [3.05, 3.63) is 70.3 Å². The molecule has 4 aromatic rings. The van der Waals surface area contributed by atoms with Crippen molar-refractivity contribution in [3.8, 4) is 5.75 Å². The fourth-order valence-corrected chi connectivity index (χ4v) is 3.20. The van der Waals surface area contributed by atoms with Crippen LogP contribution in [0.3, 0.4) is 0 Å². The Morgan fingerprint density at radius 1 is 1.10 bits per heavy atom. The molecule has 0 saturated heterocycles. The molecule has 0 bridgehead atoms. The fraction of sp³-hybridized carbons (Fsp3) is 0.0500. The minimum absolute atomic E-state index is 0.289. The van der Waals surface area contributed by atoms with Gasteiger partial charge in [0.05, 0.1) is 40.1 Å². The van der Waals surface area contributed by atoms with Gasteiger partial charge in [-0.15, -0.1) is 0 Å². The Labute approximate surface area is 176 Å². The number of para-hydroxylation sites is 1. The van der Waals surface area contributed by atoms with E-state index in [0.717, 1.165) is 0 Å². The van der Waals surface area contributed by atoms with Crippen LogP contribution in [-0.4, -0.2) is 28.0 Å². The third-order valence-electron chi connectivity index (χ3n) is 4.16. The molecule has 0 aliphatic carbocycles. The number of hydrogen-bond donors (Lipinski definition) is 3. The van der Waals surface area contributed by atoms with E-state index in [2.05, 4.69) is 25.6 Å². The lowest BCUT2D eigenvalue weighted by molar-refractivity contribution is 0.102. The number of amides is 1. The first-order valence-electron chi connectivity index (χ1n) is 8.55. The second kappa shape index (κ2) is 7.98. The van der Waals surface area contributed by atoms with Crippen molar-refractivity contribution in [3.63, 3.8) is 0 Å². The smallest absolute Gasteiger partial charge is 0.256 e. The average Bonchev–Trinajstić information content (AvgIpc) is 3.13. The molecule has 2 heterocycles. The van der Waals surface area contributed by atoms with E-state index in [-0.39, 0.29) is 5.91 Å². The Kier molecular flexibility index (Phi) is 5.24. The molecule has 2 aromatic carbocycles. The molecule has 2 aromatic heterocycles. The number of carbonyl (C=O) groups excluding carboxylic acids is 1. The predicted octanol–water partition coefficient (Wildman–Crippen LogP) is 5.27. The molecule has 0 unspecified atom stereocenters. The Morgan fingerprint density at radius 3 is 2.59 bits per heavy atom. The summed E-state index contributed by atoms with van der Waals surface area (Å²) in [7, 11) is 1.55. The number of aromatic amines is 1. The summed E-state index contributed by atoms with van der Waals surface area (Å²) in [6.45, 7) is 0. The third kappa shape index (κ3) is 4.11. The van der Waals surface area contributed by atoms with Crippen LogP contribution >= 0.6 is 23.2 Å². The number of nitrogens with one attached hydrogen (secondary N) is 3. The highest BCUT2D eigenvalue weighted by Crippen LogP contribution is 2.32. The summed E-state index contributed by atoms with van der Waals surface area (Å²) in [6.07, 6.45) is 1.53. The summed E-state index contributed by atoms with van der Waals surface area (Å²) < 4.78 is 5.06. The van der Waals surface area contributed by atoms with Crippen molar-refractivity contribution < 1.29 is 9.53 Å². The maximum atomic E-state index is 12.5. The number of rotatable bonds is 5. The fourth-order valence-electron chi connectivity index (χ4n) is 2.71. The van der Waals surface area contributed by atoms with E-state index < -0.39 is 0 Å². The zero-order valence-electron chi connectivity index (χ0n) is 15.2. The predicted molar refractivity (Wildman–Crippen MR) is 115 cm³/mol. The summed E-state index contributed by atoms with van der Waals surface area (Å²) >= 11 is 12.4. The number of methoxy groups -OCH3 is 1. The summed E-state index contributed by atoms with van der Waals surface area (Å²) in [4.78, 5) is 24.2. The highest BCUT2D eigenvalue weighted by molar-refractivity contribution is 6.39. The lowest BCUT2D eigenvalue weighted by Gasteiger charge is -2.07. The van der Waals surface area contributed by atoms with Crippen LogP contribution in [0.1, 0.15) is 10.4 Å². The van der Waals surface area contributed by atoms with Crippen LogP contribution in [0.2, 0.25) is 10.0 Å². The highest BCUT2D eigenvalue weighted by atomic mass is 35.5. The lowest BCUT2D eigenvalue weighted by atomic mass is 10.2. The number of pyridine rings is 1. The Balaban J connectivity index is 1.55. The number of imidazole rings is 1. The van der Waals surface area contributed by atoms with Gasteiger partial charge in [0.15, 0.2) is 0 Å². The first-order chi connectivity index (χ1) is 14.0. The molecular weight excluding hydrogens is 413 g/mol. The molecule has 0 aliphatic heterocycles. The van der Waals surface area contributed by atoms with Gasteiger partial charge in [-0.2, -0.15) is 0 Å². The molecule has 0 aliphatic rings. The number of benzene rings is 2. The molecule has 0 saturated carbocycles. The molecule has 29 heavy (non-hydrogen) atoms. The van der Waals surface area contributed by atoms with Crippen LogP contribution in [0.25, 0.3) is 11.0 Å². The van der Waals surface area contributed by atoms with Crippen molar-refractivity contribution in [2.75, 3.05) is 17.7 Å². The van der Waals surface area contributed by atoms with E-state index in [0.29, 0.717) is 49.8 Å². The molecule has 3 N–H and O–H groups in total. The number of aromatic nitrogens is 3. The molecular formula is C20H15Cl2N5O2. The van der Waals surface area contributed by atoms with Crippen LogP contribution < -0.4 is 15.4 Å². The van der Waals surface area contributed by atoms with Crippen molar-refractivity contribution in [2.45, 2.75) is 0 Å². The quantitative estimate of drug-likeness (QED) is 0.403. The van der Waals surface area contributed by atoms with Gasteiger partial charge in [0.2, 0.25) is 5.95 Å². The average molecular weight is 428 g/mol. The SMILES string of the molecule is COc1ccc(NC(=O)c2ccc3nc(Nc4c(Cl)cccc4Cl)[nH]c3c2)nc1. The van der Waals surface area contributed by atoms with Crippen molar-refractivity contribution in [1.82, 2.24) is 15.0 Å². The van der Waals surface area contributed by atoms with Gasteiger partial charge in [0.1, 0.15) is 11.6 Å². The van der Waals surface area contributed by atoms with Crippen molar-refractivity contribution in [1.29, 1.82) is 0 Å². The van der Waals surface area contributed by atoms with Gasteiger partial charge < -0.3 is 20.4 Å². The number of halogens is 2. The van der Waals surface area contributed by atoms with E-state index in [4.69, 9.17) is 27.9 Å². The number of ether oxygens (including phenoxy) is 1. The summed E-state index contributed by atoms with van der Waals surface area (Å²) in [5.41, 5.74) is 2.39. The first kappa shape index (κ1) is 19.0. The molecule has 0 spiro atoms. The molecule has 7 nitrogen and oxygen atoms in total. The largest absolute Gasteiger partial charge is 0.495 e. The normalized spacial score (nSPS) is 10.7. The highest BCUT2D eigenvalue weighted by Gasteiger charge is 2.12. The molecule has 1 amide bonds. The topological polar surface area (TPSA) is 91.9 Å². The Bertz CT molecular complexity index is 1170. The Hall–Kier alpha value is -3.29. The van der Waals surface area contributed by atoms with Gasteiger partial charge in [-0.1, -0.05) is 29.3 Å². The van der Waals surface area contributed by atoms with Gasteiger partial charge >= 0.3 is 0 Å².